The minimum atomic E-state index is -0.106. The lowest BCUT2D eigenvalue weighted by atomic mass is 9.92. The highest BCUT2D eigenvalue weighted by Crippen LogP contribution is 2.19. The molecule has 98 valence electrons. The Bertz CT molecular complexity index is 251. The van der Waals surface area contributed by atoms with E-state index in [1.165, 1.54) is 38.5 Å². The number of carbonyl (C=O) groups excluding carboxylic acids is 2. The highest BCUT2D eigenvalue weighted by atomic mass is 16.2. The molecule has 0 radical (unpaired) electrons. The first-order valence-corrected chi connectivity index (χ1v) is 7.07. The topological polar surface area (TPSA) is 46.2 Å². The summed E-state index contributed by atoms with van der Waals surface area (Å²) in [6.45, 7) is 2.23. The minimum absolute atomic E-state index is 0.0489. The Morgan fingerprint density at radius 2 is 1.71 bits per heavy atom. The van der Waals surface area contributed by atoms with Crippen molar-refractivity contribution in [2.75, 3.05) is 0 Å². The van der Waals surface area contributed by atoms with Gasteiger partial charge >= 0.3 is 0 Å². The van der Waals surface area contributed by atoms with Crippen LogP contribution in [0.25, 0.3) is 0 Å². The third-order valence-corrected chi connectivity index (χ3v) is 3.51. The zero-order valence-corrected chi connectivity index (χ0v) is 11.0. The van der Waals surface area contributed by atoms with Crippen molar-refractivity contribution in [3.05, 3.63) is 0 Å². The molecule has 1 fully saturated rings. The van der Waals surface area contributed by atoms with E-state index >= 15 is 0 Å². The van der Waals surface area contributed by atoms with Crippen molar-refractivity contribution >= 4 is 11.8 Å². The molecule has 0 aromatic heterocycles. The van der Waals surface area contributed by atoms with Crippen LogP contribution in [0.4, 0.5) is 0 Å². The van der Waals surface area contributed by atoms with Crippen LogP contribution in [0.15, 0.2) is 0 Å². The Labute approximate surface area is 104 Å². The molecule has 3 nitrogen and oxygen atoms in total. The van der Waals surface area contributed by atoms with Crippen LogP contribution in [0.2, 0.25) is 0 Å². The van der Waals surface area contributed by atoms with Crippen LogP contribution < -0.4 is 5.32 Å². The van der Waals surface area contributed by atoms with E-state index in [1.807, 2.05) is 0 Å². The first kappa shape index (κ1) is 14.2. The van der Waals surface area contributed by atoms with E-state index in [1.54, 1.807) is 0 Å². The average Bonchev–Trinajstić information content (AvgIpc) is 2.30. The van der Waals surface area contributed by atoms with Crippen molar-refractivity contribution in [2.45, 2.75) is 71.1 Å². The van der Waals surface area contributed by atoms with Crippen molar-refractivity contribution in [3.8, 4) is 0 Å². The number of imide groups is 1. The van der Waals surface area contributed by atoms with Crippen LogP contribution in [-0.4, -0.2) is 11.8 Å². The lowest BCUT2D eigenvalue weighted by Gasteiger charge is -2.20. The van der Waals surface area contributed by atoms with Crippen molar-refractivity contribution in [1.82, 2.24) is 5.32 Å². The van der Waals surface area contributed by atoms with Gasteiger partial charge in [-0.25, -0.2) is 0 Å². The van der Waals surface area contributed by atoms with Crippen molar-refractivity contribution in [1.29, 1.82) is 0 Å². The van der Waals surface area contributed by atoms with Gasteiger partial charge in [-0.2, -0.15) is 0 Å². The molecule has 1 atom stereocenters. The first-order chi connectivity index (χ1) is 8.24. The molecule has 1 aliphatic rings. The lowest BCUT2D eigenvalue weighted by molar-refractivity contribution is -0.136. The van der Waals surface area contributed by atoms with E-state index in [0.717, 1.165) is 19.3 Å². The number of rotatable bonds is 8. The number of hydrogen-bond acceptors (Lipinski definition) is 2. The van der Waals surface area contributed by atoms with E-state index in [9.17, 15) is 9.59 Å². The standard InChI is InChI=1S/C14H25NO2/c1-2-3-4-5-6-7-8-9-12-10-11-13(16)15-14(12)17/h12H,2-11H2,1H3,(H,15,16,17). The summed E-state index contributed by atoms with van der Waals surface area (Å²) in [6.07, 6.45) is 11.1. The molecular weight excluding hydrogens is 214 g/mol. The van der Waals surface area contributed by atoms with E-state index < -0.39 is 0 Å². The summed E-state index contributed by atoms with van der Waals surface area (Å²) in [6, 6.07) is 0. The zero-order valence-electron chi connectivity index (χ0n) is 11.0. The van der Waals surface area contributed by atoms with Gasteiger partial charge in [-0.1, -0.05) is 51.9 Å². The largest absolute Gasteiger partial charge is 0.296 e. The number of hydrogen-bond donors (Lipinski definition) is 1. The molecule has 0 aromatic carbocycles. The normalized spacial score (nSPS) is 20.4. The lowest BCUT2D eigenvalue weighted by Crippen LogP contribution is -2.40. The van der Waals surface area contributed by atoms with Gasteiger partial charge in [0, 0.05) is 12.3 Å². The fourth-order valence-electron chi connectivity index (χ4n) is 2.36. The second kappa shape index (κ2) is 8.26. The molecule has 1 unspecified atom stereocenters. The van der Waals surface area contributed by atoms with Crippen LogP contribution in [0.5, 0.6) is 0 Å². The van der Waals surface area contributed by atoms with Gasteiger partial charge in [0.1, 0.15) is 0 Å². The molecule has 0 bridgehead atoms. The Hall–Kier alpha value is -0.860. The Morgan fingerprint density at radius 1 is 1.06 bits per heavy atom. The van der Waals surface area contributed by atoms with E-state index in [0.29, 0.717) is 6.42 Å². The van der Waals surface area contributed by atoms with Crippen LogP contribution in [-0.2, 0) is 9.59 Å². The highest BCUT2D eigenvalue weighted by molar-refractivity contribution is 5.98. The highest BCUT2D eigenvalue weighted by Gasteiger charge is 2.25. The first-order valence-electron chi connectivity index (χ1n) is 7.07. The maximum absolute atomic E-state index is 11.5. The molecule has 1 saturated heterocycles. The number of nitrogens with one attached hydrogen (secondary N) is 1. The Balaban J connectivity index is 1.99. The van der Waals surface area contributed by atoms with Gasteiger partial charge in [-0.3, -0.25) is 14.9 Å². The molecule has 1 aliphatic heterocycles. The summed E-state index contributed by atoms with van der Waals surface area (Å²) in [4.78, 5) is 22.4. The van der Waals surface area contributed by atoms with E-state index in [4.69, 9.17) is 0 Å². The summed E-state index contributed by atoms with van der Waals surface area (Å²) >= 11 is 0. The predicted octanol–water partition coefficient (Wildman–Crippen LogP) is 3.18. The SMILES string of the molecule is CCCCCCCCCC1CCC(=O)NC1=O. The van der Waals surface area contributed by atoms with Crippen molar-refractivity contribution < 1.29 is 9.59 Å². The average molecular weight is 239 g/mol. The predicted molar refractivity (Wildman–Crippen MR) is 68.5 cm³/mol. The summed E-state index contributed by atoms with van der Waals surface area (Å²) in [7, 11) is 0. The molecule has 0 saturated carbocycles. The molecule has 2 amide bonds. The second-order valence-corrected chi connectivity index (χ2v) is 5.06. The maximum Gasteiger partial charge on any atom is 0.229 e. The fourth-order valence-corrected chi connectivity index (χ4v) is 2.36. The fraction of sp³-hybridized carbons (Fsp3) is 0.857. The molecular formula is C14H25NO2. The molecule has 1 rings (SSSR count). The maximum atomic E-state index is 11.5. The van der Waals surface area contributed by atoms with Gasteiger partial charge in [-0.05, 0) is 12.8 Å². The summed E-state index contributed by atoms with van der Waals surface area (Å²) in [5.41, 5.74) is 0. The van der Waals surface area contributed by atoms with Gasteiger partial charge in [0.25, 0.3) is 0 Å². The van der Waals surface area contributed by atoms with E-state index in [-0.39, 0.29) is 17.7 Å². The quantitative estimate of drug-likeness (QED) is 0.522. The number of amides is 2. The molecule has 0 aromatic rings. The van der Waals surface area contributed by atoms with Gasteiger partial charge in [0.05, 0.1) is 0 Å². The van der Waals surface area contributed by atoms with Gasteiger partial charge in [0.2, 0.25) is 11.8 Å². The number of unbranched alkanes of at least 4 members (excludes halogenated alkanes) is 6. The molecule has 17 heavy (non-hydrogen) atoms. The Morgan fingerprint density at radius 3 is 2.35 bits per heavy atom. The smallest absolute Gasteiger partial charge is 0.229 e. The summed E-state index contributed by atoms with van der Waals surface area (Å²) in [5, 5.41) is 2.42. The van der Waals surface area contributed by atoms with Crippen LogP contribution in [0.1, 0.15) is 71.1 Å². The van der Waals surface area contributed by atoms with Gasteiger partial charge in [0.15, 0.2) is 0 Å². The van der Waals surface area contributed by atoms with Crippen LogP contribution in [0, 0.1) is 5.92 Å². The summed E-state index contributed by atoms with van der Waals surface area (Å²) < 4.78 is 0. The third kappa shape index (κ3) is 5.85. The third-order valence-electron chi connectivity index (χ3n) is 3.51. The van der Waals surface area contributed by atoms with Crippen LogP contribution in [0.3, 0.4) is 0 Å². The summed E-state index contributed by atoms with van der Waals surface area (Å²) in [5.74, 6) is -0.0682. The Kier molecular flexibility index (Phi) is 6.90. The molecule has 0 spiro atoms. The number of piperidine rings is 1. The monoisotopic (exact) mass is 239 g/mol. The van der Waals surface area contributed by atoms with Gasteiger partial charge < -0.3 is 0 Å². The molecule has 1 heterocycles. The minimum Gasteiger partial charge on any atom is -0.296 e. The van der Waals surface area contributed by atoms with E-state index in [2.05, 4.69) is 12.2 Å². The molecule has 3 heteroatoms. The molecule has 0 aliphatic carbocycles. The zero-order chi connectivity index (χ0) is 12.5. The molecule has 1 N–H and O–H groups in total. The van der Waals surface area contributed by atoms with Gasteiger partial charge in [-0.15, -0.1) is 0 Å². The number of carbonyl (C=O) groups is 2. The van der Waals surface area contributed by atoms with Crippen molar-refractivity contribution in [2.24, 2.45) is 5.92 Å². The van der Waals surface area contributed by atoms with Crippen LogP contribution >= 0.6 is 0 Å². The van der Waals surface area contributed by atoms with Crippen molar-refractivity contribution in [3.63, 3.8) is 0 Å². The second-order valence-electron chi connectivity index (χ2n) is 5.06.